The lowest BCUT2D eigenvalue weighted by Gasteiger charge is -2.16. The predicted octanol–water partition coefficient (Wildman–Crippen LogP) is 1.05. The van der Waals surface area contributed by atoms with Gasteiger partial charge in [0.2, 0.25) is 5.91 Å². The maximum absolute atomic E-state index is 11.7. The van der Waals surface area contributed by atoms with E-state index in [9.17, 15) is 9.59 Å². The molecule has 6 heteroatoms. The fraction of sp³-hybridized carbons (Fsp3) is 0.857. The monoisotopic (exact) mass is 287 g/mol. The van der Waals surface area contributed by atoms with Crippen molar-refractivity contribution in [3.8, 4) is 0 Å². The fourth-order valence-corrected chi connectivity index (χ4v) is 1.98. The van der Waals surface area contributed by atoms with Crippen LogP contribution < -0.4 is 5.32 Å². The van der Waals surface area contributed by atoms with Crippen LogP contribution in [0.2, 0.25) is 0 Å². The summed E-state index contributed by atoms with van der Waals surface area (Å²) in [4.78, 5) is 22.5. The van der Waals surface area contributed by atoms with Crippen LogP contribution in [0.3, 0.4) is 0 Å². The molecule has 3 unspecified atom stereocenters. The minimum atomic E-state index is -0.951. The zero-order valence-electron chi connectivity index (χ0n) is 12.3. The van der Waals surface area contributed by atoms with Gasteiger partial charge < -0.3 is 19.9 Å². The van der Waals surface area contributed by atoms with E-state index in [0.29, 0.717) is 26.2 Å². The standard InChI is InChI=1S/C14H25NO5/c1-10(11(2)14(17)18)13(16)15-6-4-7-19-9-12-5-3-8-20-12/h10-12H,3-9H2,1-2H3,(H,15,16)(H,17,18). The van der Waals surface area contributed by atoms with Crippen molar-refractivity contribution in [2.75, 3.05) is 26.4 Å². The Bertz CT molecular complexity index is 315. The topological polar surface area (TPSA) is 84.9 Å². The number of rotatable bonds is 9. The smallest absolute Gasteiger partial charge is 0.307 e. The minimum Gasteiger partial charge on any atom is -0.481 e. The molecular formula is C14H25NO5. The SMILES string of the molecule is CC(C(=O)O)C(C)C(=O)NCCCOCC1CCCO1. The van der Waals surface area contributed by atoms with E-state index in [-0.39, 0.29) is 12.0 Å². The lowest BCUT2D eigenvalue weighted by Crippen LogP contribution is -2.36. The Morgan fingerprint density at radius 1 is 1.40 bits per heavy atom. The number of hydrogen-bond donors (Lipinski definition) is 2. The summed E-state index contributed by atoms with van der Waals surface area (Å²) in [6.45, 7) is 5.67. The molecule has 6 nitrogen and oxygen atoms in total. The molecule has 1 saturated heterocycles. The number of amides is 1. The Morgan fingerprint density at radius 3 is 2.75 bits per heavy atom. The highest BCUT2D eigenvalue weighted by atomic mass is 16.5. The molecule has 1 amide bonds. The first-order valence-electron chi connectivity index (χ1n) is 7.22. The van der Waals surface area contributed by atoms with Crippen LogP contribution in [0.1, 0.15) is 33.1 Å². The van der Waals surface area contributed by atoms with Crippen LogP contribution in [-0.2, 0) is 19.1 Å². The second-order valence-corrected chi connectivity index (χ2v) is 5.27. The van der Waals surface area contributed by atoms with Gasteiger partial charge in [0.25, 0.3) is 0 Å². The number of hydrogen-bond acceptors (Lipinski definition) is 4. The van der Waals surface area contributed by atoms with Crippen LogP contribution in [0.15, 0.2) is 0 Å². The molecule has 1 heterocycles. The lowest BCUT2D eigenvalue weighted by molar-refractivity contribution is -0.146. The third-order valence-electron chi connectivity index (χ3n) is 3.65. The Hall–Kier alpha value is -1.14. The third-order valence-corrected chi connectivity index (χ3v) is 3.65. The molecule has 1 aliphatic rings. The number of carbonyl (C=O) groups excluding carboxylic acids is 1. The van der Waals surface area contributed by atoms with E-state index in [0.717, 1.165) is 19.4 Å². The van der Waals surface area contributed by atoms with E-state index in [2.05, 4.69) is 5.32 Å². The fourth-order valence-electron chi connectivity index (χ4n) is 1.98. The van der Waals surface area contributed by atoms with Crippen molar-refractivity contribution < 1.29 is 24.2 Å². The van der Waals surface area contributed by atoms with Crippen molar-refractivity contribution >= 4 is 11.9 Å². The van der Waals surface area contributed by atoms with Crippen LogP contribution in [0.4, 0.5) is 0 Å². The summed E-state index contributed by atoms with van der Waals surface area (Å²) in [5, 5.41) is 11.6. The van der Waals surface area contributed by atoms with E-state index in [1.165, 1.54) is 6.92 Å². The average molecular weight is 287 g/mol. The summed E-state index contributed by atoms with van der Waals surface area (Å²) in [6, 6.07) is 0. The van der Waals surface area contributed by atoms with Crippen LogP contribution in [0.25, 0.3) is 0 Å². The molecule has 0 aromatic rings. The van der Waals surface area contributed by atoms with Gasteiger partial charge in [-0.3, -0.25) is 9.59 Å². The molecule has 20 heavy (non-hydrogen) atoms. The van der Waals surface area contributed by atoms with E-state index in [1.807, 2.05) is 0 Å². The van der Waals surface area contributed by atoms with Crippen LogP contribution >= 0.6 is 0 Å². The van der Waals surface area contributed by atoms with Crippen molar-refractivity contribution in [3.63, 3.8) is 0 Å². The number of aliphatic carboxylic acids is 1. The Labute approximate surface area is 119 Å². The maximum atomic E-state index is 11.7. The molecule has 2 N–H and O–H groups in total. The highest BCUT2D eigenvalue weighted by molar-refractivity contribution is 5.84. The van der Waals surface area contributed by atoms with E-state index in [4.69, 9.17) is 14.6 Å². The van der Waals surface area contributed by atoms with Gasteiger partial charge >= 0.3 is 5.97 Å². The first-order chi connectivity index (χ1) is 9.52. The van der Waals surface area contributed by atoms with Crippen LogP contribution in [0.5, 0.6) is 0 Å². The van der Waals surface area contributed by atoms with Gasteiger partial charge in [-0.2, -0.15) is 0 Å². The van der Waals surface area contributed by atoms with E-state index < -0.39 is 17.8 Å². The molecule has 1 fully saturated rings. The first kappa shape index (κ1) is 16.9. The Balaban J connectivity index is 2.02. The molecule has 1 aliphatic heterocycles. The summed E-state index contributed by atoms with van der Waals surface area (Å²) < 4.78 is 10.9. The number of nitrogens with one attached hydrogen (secondary N) is 1. The molecule has 1 rings (SSSR count). The van der Waals surface area contributed by atoms with Gasteiger partial charge in [-0.05, 0) is 19.3 Å². The molecule has 0 aromatic carbocycles. The summed E-state index contributed by atoms with van der Waals surface area (Å²) in [6.07, 6.45) is 3.10. The average Bonchev–Trinajstić information content (AvgIpc) is 2.93. The predicted molar refractivity (Wildman–Crippen MR) is 73.4 cm³/mol. The van der Waals surface area contributed by atoms with Crippen molar-refractivity contribution in [2.24, 2.45) is 11.8 Å². The zero-order chi connectivity index (χ0) is 15.0. The van der Waals surface area contributed by atoms with Gasteiger partial charge in [-0.1, -0.05) is 13.8 Å². The highest BCUT2D eigenvalue weighted by Gasteiger charge is 2.25. The third kappa shape index (κ3) is 5.88. The molecule has 0 aliphatic carbocycles. The molecule has 0 spiro atoms. The normalized spacial score (nSPS) is 21.4. The van der Waals surface area contributed by atoms with Gasteiger partial charge in [0, 0.05) is 25.7 Å². The van der Waals surface area contributed by atoms with Gasteiger partial charge in [0.1, 0.15) is 0 Å². The van der Waals surface area contributed by atoms with Crippen molar-refractivity contribution in [1.29, 1.82) is 0 Å². The number of carboxylic acids is 1. The van der Waals surface area contributed by atoms with Gasteiger partial charge in [0.05, 0.1) is 18.6 Å². The number of carbonyl (C=O) groups is 2. The summed E-state index contributed by atoms with van der Waals surface area (Å²) in [5.74, 6) is -2.38. The van der Waals surface area contributed by atoms with Crippen molar-refractivity contribution in [1.82, 2.24) is 5.32 Å². The highest BCUT2D eigenvalue weighted by Crippen LogP contribution is 2.12. The molecule has 0 radical (unpaired) electrons. The zero-order valence-corrected chi connectivity index (χ0v) is 12.3. The second kappa shape index (κ2) is 8.92. The second-order valence-electron chi connectivity index (χ2n) is 5.27. The minimum absolute atomic E-state index is 0.223. The summed E-state index contributed by atoms with van der Waals surface area (Å²) in [7, 11) is 0. The number of ether oxygens (including phenoxy) is 2. The molecule has 3 atom stereocenters. The molecule has 0 aromatic heterocycles. The van der Waals surface area contributed by atoms with Crippen molar-refractivity contribution in [3.05, 3.63) is 0 Å². The Morgan fingerprint density at radius 2 is 2.15 bits per heavy atom. The quantitative estimate of drug-likeness (QED) is 0.619. The molecule has 116 valence electrons. The van der Waals surface area contributed by atoms with Crippen molar-refractivity contribution in [2.45, 2.75) is 39.2 Å². The molecule has 0 saturated carbocycles. The maximum Gasteiger partial charge on any atom is 0.307 e. The largest absolute Gasteiger partial charge is 0.481 e. The summed E-state index contributed by atoms with van der Waals surface area (Å²) >= 11 is 0. The van der Waals surface area contributed by atoms with Crippen LogP contribution in [0, 0.1) is 11.8 Å². The summed E-state index contributed by atoms with van der Waals surface area (Å²) in [5.41, 5.74) is 0. The first-order valence-corrected chi connectivity index (χ1v) is 7.22. The van der Waals surface area contributed by atoms with Crippen LogP contribution in [-0.4, -0.2) is 49.5 Å². The molecule has 0 bridgehead atoms. The van der Waals surface area contributed by atoms with E-state index >= 15 is 0 Å². The van der Waals surface area contributed by atoms with Gasteiger partial charge in [-0.25, -0.2) is 0 Å². The Kier molecular flexibility index (Phi) is 7.54. The van der Waals surface area contributed by atoms with Gasteiger partial charge in [-0.15, -0.1) is 0 Å². The number of carboxylic acid groups (broad SMARTS) is 1. The van der Waals surface area contributed by atoms with Gasteiger partial charge in [0.15, 0.2) is 0 Å². The van der Waals surface area contributed by atoms with E-state index in [1.54, 1.807) is 6.92 Å². The molecular weight excluding hydrogens is 262 g/mol. The lowest BCUT2D eigenvalue weighted by atomic mass is 9.95.